The van der Waals surface area contributed by atoms with E-state index in [9.17, 15) is 5.11 Å². The number of hydrogen-bond donors (Lipinski definition) is 1. The van der Waals surface area contributed by atoms with Crippen molar-refractivity contribution in [3.8, 4) is 11.8 Å². The highest BCUT2D eigenvalue weighted by atomic mass is 35.5. The Kier molecular flexibility index (Phi) is 5.92. The molecule has 0 saturated carbocycles. The van der Waals surface area contributed by atoms with E-state index in [0.29, 0.717) is 12.3 Å². The van der Waals surface area contributed by atoms with Crippen LogP contribution in [0.2, 0.25) is 0 Å². The lowest BCUT2D eigenvalue weighted by Crippen LogP contribution is -2.02. The summed E-state index contributed by atoms with van der Waals surface area (Å²) < 4.78 is 0. The third kappa shape index (κ3) is 5.47. The van der Waals surface area contributed by atoms with Crippen LogP contribution >= 0.6 is 11.6 Å². The quantitative estimate of drug-likeness (QED) is 0.472. The number of aliphatic hydroxyl groups excluding tert-OH is 1. The molecule has 0 aromatic heterocycles. The zero-order valence-corrected chi connectivity index (χ0v) is 9.37. The first kappa shape index (κ1) is 12.1. The lowest BCUT2D eigenvalue weighted by molar-refractivity contribution is 0.218. The van der Waals surface area contributed by atoms with Crippen LogP contribution in [0.1, 0.15) is 24.8 Å². The van der Waals surface area contributed by atoms with Crippen LogP contribution in [0.15, 0.2) is 30.3 Å². The molecule has 1 nitrogen and oxygen atoms in total. The maximum atomic E-state index is 9.52. The van der Waals surface area contributed by atoms with Gasteiger partial charge >= 0.3 is 0 Å². The predicted octanol–water partition coefficient (Wildman–Crippen LogP) is 2.81. The van der Waals surface area contributed by atoms with Crippen LogP contribution < -0.4 is 0 Å². The number of aliphatic hydroxyl groups is 1. The minimum absolute atomic E-state index is 0.534. The first-order valence-electron chi connectivity index (χ1n) is 5.13. The Bertz CT molecular complexity index is 323. The Labute approximate surface area is 96.1 Å². The fraction of sp³-hybridized carbons (Fsp3) is 0.385. The number of halogens is 1. The van der Waals surface area contributed by atoms with Gasteiger partial charge in [-0.05, 0) is 31.4 Å². The summed E-state index contributed by atoms with van der Waals surface area (Å²) in [7, 11) is 0. The molecular formula is C13H15ClO. The number of hydrogen-bond acceptors (Lipinski definition) is 1. The Morgan fingerprint density at radius 3 is 2.60 bits per heavy atom. The number of benzene rings is 1. The van der Waals surface area contributed by atoms with Gasteiger partial charge in [-0.15, -0.1) is 11.6 Å². The second-order valence-corrected chi connectivity index (χ2v) is 3.71. The highest BCUT2D eigenvalue weighted by Crippen LogP contribution is 2.02. The van der Waals surface area contributed by atoms with E-state index >= 15 is 0 Å². The van der Waals surface area contributed by atoms with Crippen molar-refractivity contribution in [2.75, 3.05) is 5.88 Å². The summed E-state index contributed by atoms with van der Waals surface area (Å²) in [5, 5.41) is 9.52. The molecule has 1 aromatic rings. The van der Waals surface area contributed by atoms with E-state index in [0.717, 1.165) is 18.4 Å². The molecule has 0 aliphatic rings. The fourth-order valence-electron chi connectivity index (χ4n) is 1.19. The molecule has 0 saturated heterocycles. The highest BCUT2D eigenvalue weighted by Gasteiger charge is 1.97. The van der Waals surface area contributed by atoms with Gasteiger partial charge in [0.05, 0.1) is 0 Å². The second kappa shape index (κ2) is 7.34. The van der Waals surface area contributed by atoms with Crippen molar-refractivity contribution in [1.29, 1.82) is 0 Å². The number of unbranched alkanes of at least 4 members (excludes halogenated alkanes) is 1. The molecule has 0 spiro atoms. The van der Waals surface area contributed by atoms with Crippen LogP contribution in [-0.4, -0.2) is 17.1 Å². The maximum Gasteiger partial charge on any atom is 0.115 e. The van der Waals surface area contributed by atoms with Crippen LogP contribution in [0.5, 0.6) is 0 Å². The van der Waals surface area contributed by atoms with E-state index in [1.165, 1.54) is 0 Å². The topological polar surface area (TPSA) is 20.2 Å². The first-order chi connectivity index (χ1) is 7.33. The van der Waals surface area contributed by atoms with Crippen molar-refractivity contribution in [3.63, 3.8) is 0 Å². The van der Waals surface area contributed by atoms with E-state index < -0.39 is 6.10 Å². The Balaban J connectivity index is 2.37. The van der Waals surface area contributed by atoms with E-state index in [1.54, 1.807) is 0 Å². The molecule has 0 aliphatic carbocycles. The summed E-state index contributed by atoms with van der Waals surface area (Å²) in [6.07, 6.45) is 2.03. The van der Waals surface area contributed by atoms with Gasteiger partial charge in [-0.1, -0.05) is 30.0 Å². The van der Waals surface area contributed by atoms with Gasteiger partial charge in [0.25, 0.3) is 0 Å². The molecule has 80 valence electrons. The van der Waals surface area contributed by atoms with E-state index in [4.69, 9.17) is 11.6 Å². The molecule has 0 radical (unpaired) electrons. The van der Waals surface area contributed by atoms with Gasteiger partial charge in [0.1, 0.15) is 6.10 Å². The Morgan fingerprint density at radius 1 is 1.20 bits per heavy atom. The molecule has 0 heterocycles. The molecule has 1 N–H and O–H groups in total. The zero-order chi connectivity index (χ0) is 10.9. The summed E-state index contributed by atoms with van der Waals surface area (Å²) in [5.74, 6) is 6.41. The van der Waals surface area contributed by atoms with E-state index in [1.807, 2.05) is 30.3 Å². The molecule has 0 fully saturated rings. The Morgan fingerprint density at radius 2 is 1.93 bits per heavy atom. The molecule has 2 heteroatoms. The minimum atomic E-state index is -0.534. The highest BCUT2D eigenvalue weighted by molar-refractivity contribution is 6.17. The third-order valence-electron chi connectivity index (χ3n) is 2.02. The zero-order valence-electron chi connectivity index (χ0n) is 8.62. The van der Waals surface area contributed by atoms with Crippen molar-refractivity contribution < 1.29 is 5.11 Å². The third-order valence-corrected chi connectivity index (χ3v) is 2.29. The Hall–Kier alpha value is -0.970. The van der Waals surface area contributed by atoms with Gasteiger partial charge in [0.2, 0.25) is 0 Å². The van der Waals surface area contributed by atoms with Gasteiger partial charge in [-0.3, -0.25) is 0 Å². The normalized spacial score (nSPS) is 11.6. The average Bonchev–Trinajstić information content (AvgIpc) is 2.28. The fourth-order valence-corrected chi connectivity index (χ4v) is 1.38. The molecule has 15 heavy (non-hydrogen) atoms. The van der Waals surface area contributed by atoms with Crippen LogP contribution in [0.3, 0.4) is 0 Å². The summed E-state index contributed by atoms with van der Waals surface area (Å²) >= 11 is 5.54. The van der Waals surface area contributed by atoms with Crippen LogP contribution in [0, 0.1) is 11.8 Å². The predicted molar refractivity (Wildman–Crippen MR) is 63.9 cm³/mol. The first-order valence-corrected chi connectivity index (χ1v) is 5.67. The van der Waals surface area contributed by atoms with Gasteiger partial charge in [0.15, 0.2) is 0 Å². The SMILES string of the molecule is OC(C#Cc1ccccc1)CCCCCl. The van der Waals surface area contributed by atoms with E-state index in [-0.39, 0.29) is 0 Å². The number of rotatable bonds is 4. The second-order valence-electron chi connectivity index (χ2n) is 3.34. The largest absolute Gasteiger partial charge is 0.380 e. The number of alkyl halides is 1. The van der Waals surface area contributed by atoms with Gasteiger partial charge in [0, 0.05) is 11.4 Å². The molecule has 1 atom stereocenters. The van der Waals surface area contributed by atoms with Gasteiger partial charge in [-0.25, -0.2) is 0 Å². The lowest BCUT2D eigenvalue weighted by Gasteiger charge is -2.00. The average molecular weight is 223 g/mol. The van der Waals surface area contributed by atoms with Crippen molar-refractivity contribution in [2.45, 2.75) is 25.4 Å². The molecule has 0 amide bonds. The standard InChI is InChI=1S/C13H15ClO/c14-11-5-4-8-13(15)10-9-12-6-2-1-3-7-12/h1-3,6-7,13,15H,4-5,8,11H2. The monoisotopic (exact) mass is 222 g/mol. The van der Waals surface area contributed by atoms with Gasteiger partial charge in [-0.2, -0.15) is 0 Å². The smallest absolute Gasteiger partial charge is 0.115 e. The van der Waals surface area contributed by atoms with E-state index in [2.05, 4.69) is 11.8 Å². The molecule has 0 bridgehead atoms. The molecule has 1 aromatic carbocycles. The van der Waals surface area contributed by atoms with Crippen molar-refractivity contribution >= 4 is 11.6 Å². The van der Waals surface area contributed by atoms with Crippen LogP contribution in [0.4, 0.5) is 0 Å². The van der Waals surface area contributed by atoms with Crippen LogP contribution in [-0.2, 0) is 0 Å². The molecule has 0 aliphatic heterocycles. The van der Waals surface area contributed by atoms with Crippen molar-refractivity contribution in [2.24, 2.45) is 0 Å². The summed E-state index contributed by atoms with van der Waals surface area (Å²) in [6.45, 7) is 0. The van der Waals surface area contributed by atoms with Gasteiger partial charge < -0.3 is 5.11 Å². The maximum absolute atomic E-state index is 9.52. The summed E-state index contributed by atoms with van der Waals surface area (Å²) in [5.41, 5.74) is 0.939. The van der Waals surface area contributed by atoms with Crippen LogP contribution in [0.25, 0.3) is 0 Å². The van der Waals surface area contributed by atoms with Crippen molar-refractivity contribution in [3.05, 3.63) is 35.9 Å². The summed E-state index contributed by atoms with van der Waals surface area (Å²) in [4.78, 5) is 0. The minimum Gasteiger partial charge on any atom is -0.380 e. The van der Waals surface area contributed by atoms with Crippen molar-refractivity contribution in [1.82, 2.24) is 0 Å². The lowest BCUT2D eigenvalue weighted by atomic mass is 10.1. The summed E-state index contributed by atoms with van der Waals surface area (Å²) in [6, 6.07) is 9.67. The molecule has 1 unspecified atom stereocenters. The molecular weight excluding hydrogens is 208 g/mol. The molecule has 1 rings (SSSR count).